The summed E-state index contributed by atoms with van der Waals surface area (Å²) in [4.78, 5) is 14.3. The number of piperidine rings is 1. The van der Waals surface area contributed by atoms with Gasteiger partial charge in [0.25, 0.3) is 0 Å². The molecule has 4 saturated carbocycles. The Bertz CT molecular complexity index is 350. The number of rotatable bonds is 1. The standard InChI is InChI=1S/C15H23NO/c1-2-16-9-13-12-4-10-3-11(5-12)7-15(13,6-10)8-14(16)17/h10-13H,2-9H2,1H3/t10-,11+,12?,13?,15?. The van der Waals surface area contributed by atoms with E-state index in [1.165, 1.54) is 32.1 Å². The monoisotopic (exact) mass is 233 g/mol. The maximum atomic E-state index is 12.2. The van der Waals surface area contributed by atoms with Crippen LogP contribution in [0.15, 0.2) is 0 Å². The van der Waals surface area contributed by atoms with Gasteiger partial charge in [0.05, 0.1) is 0 Å². The summed E-state index contributed by atoms with van der Waals surface area (Å²) >= 11 is 0. The van der Waals surface area contributed by atoms with E-state index in [9.17, 15) is 4.79 Å². The summed E-state index contributed by atoms with van der Waals surface area (Å²) in [5.41, 5.74) is 0.456. The Labute approximate surface area is 104 Å². The second-order valence-corrected chi connectivity index (χ2v) is 7.19. The van der Waals surface area contributed by atoms with Crippen molar-refractivity contribution in [3.63, 3.8) is 0 Å². The minimum absolute atomic E-state index is 0.450. The van der Waals surface area contributed by atoms with Gasteiger partial charge in [0, 0.05) is 19.5 Å². The normalized spacial score (nSPS) is 51.8. The zero-order valence-corrected chi connectivity index (χ0v) is 10.8. The lowest BCUT2D eigenvalue weighted by atomic mass is 9.43. The first-order chi connectivity index (χ1) is 8.20. The Hall–Kier alpha value is -0.530. The predicted molar refractivity (Wildman–Crippen MR) is 66.3 cm³/mol. The van der Waals surface area contributed by atoms with E-state index in [1.807, 2.05) is 0 Å². The Kier molecular flexibility index (Phi) is 2.00. The van der Waals surface area contributed by atoms with E-state index >= 15 is 0 Å². The average Bonchev–Trinajstić information content (AvgIpc) is 2.26. The van der Waals surface area contributed by atoms with Crippen LogP contribution >= 0.6 is 0 Å². The first kappa shape index (κ1) is 10.4. The summed E-state index contributed by atoms with van der Waals surface area (Å²) in [6, 6.07) is 0. The molecular formula is C15H23NO. The van der Waals surface area contributed by atoms with Gasteiger partial charge in [-0.3, -0.25) is 4.79 Å². The largest absolute Gasteiger partial charge is 0.343 e. The molecule has 5 rings (SSSR count). The van der Waals surface area contributed by atoms with Crippen molar-refractivity contribution in [2.75, 3.05) is 13.1 Å². The molecule has 1 heterocycles. The van der Waals surface area contributed by atoms with Crippen LogP contribution in [-0.4, -0.2) is 23.9 Å². The topological polar surface area (TPSA) is 20.3 Å². The van der Waals surface area contributed by atoms with Gasteiger partial charge in [-0.1, -0.05) is 0 Å². The average molecular weight is 233 g/mol. The molecule has 0 aromatic carbocycles. The van der Waals surface area contributed by atoms with Crippen LogP contribution in [0.25, 0.3) is 0 Å². The second-order valence-electron chi connectivity index (χ2n) is 7.19. The van der Waals surface area contributed by atoms with E-state index in [2.05, 4.69) is 11.8 Å². The first-order valence-electron chi connectivity index (χ1n) is 7.48. The molecule has 0 aromatic rings. The van der Waals surface area contributed by atoms with E-state index in [-0.39, 0.29) is 0 Å². The predicted octanol–water partition coefficient (Wildman–Crippen LogP) is 2.68. The van der Waals surface area contributed by atoms with Gasteiger partial charge in [-0.05, 0) is 68.1 Å². The zero-order chi connectivity index (χ0) is 11.6. The molecule has 2 nitrogen and oxygen atoms in total. The lowest BCUT2D eigenvalue weighted by Gasteiger charge is -2.64. The van der Waals surface area contributed by atoms with Crippen molar-refractivity contribution in [2.24, 2.45) is 29.1 Å². The summed E-state index contributed by atoms with van der Waals surface area (Å²) in [7, 11) is 0. The van der Waals surface area contributed by atoms with Crippen molar-refractivity contribution < 1.29 is 4.79 Å². The Balaban J connectivity index is 1.69. The minimum atomic E-state index is 0.450. The van der Waals surface area contributed by atoms with Crippen LogP contribution in [0.4, 0.5) is 0 Å². The third-order valence-electron chi connectivity index (χ3n) is 6.34. The molecule has 5 aliphatic rings. The molecule has 5 atom stereocenters. The first-order valence-corrected chi connectivity index (χ1v) is 7.48. The molecule has 0 N–H and O–H groups in total. The van der Waals surface area contributed by atoms with Crippen LogP contribution in [0.5, 0.6) is 0 Å². The SMILES string of the molecule is CCN1CC2C3C[C@@H]4C[C@H](C3)CC2(CC1=O)C4. The van der Waals surface area contributed by atoms with Crippen molar-refractivity contribution in [2.45, 2.75) is 45.4 Å². The Morgan fingerprint density at radius 3 is 2.59 bits per heavy atom. The van der Waals surface area contributed by atoms with Gasteiger partial charge in [0.15, 0.2) is 0 Å². The van der Waals surface area contributed by atoms with Gasteiger partial charge in [0.1, 0.15) is 0 Å². The van der Waals surface area contributed by atoms with E-state index in [0.717, 1.165) is 43.2 Å². The van der Waals surface area contributed by atoms with E-state index in [4.69, 9.17) is 0 Å². The summed E-state index contributed by atoms with van der Waals surface area (Å²) in [5, 5.41) is 0. The van der Waals surface area contributed by atoms with Crippen LogP contribution < -0.4 is 0 Å². The molecule has 2 heteroatoms. The second kappa shape index (κ2) is 3.27. The Morgan fingerprint density at radius 1 is 1.24 bits per heavy atom. The van der Waals surface area contributed by atoms with Crippen molar-refractivity contribution in [1.82, 2.24) is 4.90 Å². The van der Waals surface area contributed by atoms with Gasteiger partial charge >= 0.3 is 0 Å². The fourth-order valence-electron chi connectivity index (χ4n) is 5.99. The van der Waals surface area contributed by atoms with Gasteiger partial charge in [0.2, 0.25) is 5.91 Å². The molecule has 0 radical (unpaired) electrons. The smallest absolute Gasteiger partial charge is 0.223 e. The molecule has 1 aliphatic heterocycles. The van der Waals surface area contributed by atoms with Gasteiger partial charge in [-0.25, -0.2) is 0 Å². The molecule has 1 amide bonds. The number of hydrogen-bond acceptors (Lipinski definition) is 1. The van der Waals surface area contributed by atoms with Crippen molar-refractivity contribution >= 4 is 5.91 Å². The lowest BCUT2D eigenvalue weighted by molar-refractivity contribution is -0.169. The van der Waals surface area contributed by atoms with Crippen molar-refractivity contribution in [1.29, 1.82) is 0 Å². The fourth-order valence-corrected chi connectivity index (χ4v) is 5.99. The summed E-state index contributed by atoms with van der Waals surface area (Å²) < 4.78 is 0. The highest BCUT2D eigenvalue weighted by Gasteiger charge is 2.59. The molecule has 94 valence electrons. The molecular weight excluding hydrogens is 210 g/mol. The third kappa shape index (κ3) is 1.30. The molecule has 17 heavy (non-hydrogen) atoms. The van der Waals surface area contributed by atoms with Crippen molar-refractivity contribution in [3.05, 3.63) is 0 Å². The molecule has 1 saturated heterocycles. The maximum Gasteiger partial charge on any atom is 0.223 e. The van der Waals surface area contributed by atoms with Gasteiger partial charge in [-0.15, -0.1) is 0 Å². The maximum absolute atomic E-state index is 12.2. The number of carbonyl (C=O) groups is 1. The number of nitrogens with zero attached hydrogens (tertiary/aromatic N) is 1. The fraction of sp³-hybridized carbons (Fsp3) is 0.933. The summed E-state index contributed by atoms with van der Waals surface area (Å²) in [6.07, 6.45) is 8.09. The van der Waals surface area contributed by atoms with E-state index < -0.39 is 0 Å². The van der Waals surface area contributed by atoms with Crippen LogP contribution in [0.3, 0.4) is 0 Å². The number of hydrogen-bond donors (Lipinski definition) is 0. The van der Waals surface area contributed by atoms with E-state index in [0.29, 0.717) is 11.3 Å². The van der Waals surface area contributed by atoms with Crippen LogP contribution in [0.1, 0.15) is 45.4 Å². The molecule has 5 fully saturated rings. The summed E-state index contributed by atoms with van der Waals surface area (Å²) in [5.74, 6) is 4.22. The molecule has 4 aliphatic carbocycles. The number of carbonyl (C=O) groups excluding carboxylic acids is 1. The quantitative estimate of drug-likeness (QED) is 0.682. The highest BCUT2D eigenvalue weighted by Crippen LogP contribution is 2.65. The molecule has 0 aromatic heterocycles. The number of likely N-dealkylation sites (tertiary alicyclic amines) is 1. The van der Waals surface area contributed by atoms with Crippen LogP contribution in [0, 0.1) is 29.1 Å². The number of amides is 1. The van der Waals surface area contributed by atoms with Crippen LogP contribution in [-0.2, 0) is 4.79 Å². The van der Waals surface area contributed by atoms with Crippen molar-refractivity contribution in [3.8, 4) is 0 Å². The van der Waals surface area contributed by atoms with Crippen LogP contribution in [0.2, 0.25) is 0 Å². The zero-order valence-electron chi connectivity index (χ0n) is 10.8. The van der Waals surface area contributed by atoms with Gasteiger partial charge in [-0.2, -0.15) is 0 Å². The Morgan fingerprint density at radius 2 is 1.94 bits per heavy atom. The molecule has 4 bridgehead atoms. The minimum Gasteiger partial charge on any atom is -0.343 e. The lowest BCUT2D eigenvalue weighted by Crippen LogP contribution is -2.61. The highest BCUT2D eigenvalue weighted by atomic mass is 16.2. The molecule has 3 unspecified atom stereocenters. The van der Waals surface area contributed by atoms with E-state index in [1.54, 1.807) is 0 Å². The van der Waals surface area contributed by atoms with Gasteiger partial charge < -0.3 is 4.90 Å². The highest BCUT2D eigenvalue weighted by molar-refractivity contribution is 5.78. The molecule has 1 spiro atoms. The third-order valence-corrected chi connectivity index (χ3v) is 6.34. The summed E-state index contributed by atoms with van der Waals surface area (Å²) in [6.45, 7) is 4.14.